The molecule has 0 radical (unpaired) electrons. The number of nitrogens with zero attached hydrogens (tertiary/aromatic N) is 2. The van der Waals surface area contributed by atoms with Crippen molar-refractivity contribution >= 4 is 29.1 Å². The van der Waals surface area contributed by atoms with E-state index in [9.17, 15) is 14.7 Å². The van der Waals surface area contributed by atoms with Crippen molar-refractivity contribution in [2.24, 2.45) is 11.8 Å². The number of hydrogen-bond donors (Lipinski definition) is 1. The van der Waals surface area contributed by atoms with Crippen molar-refractivity contribution in [1.82, 2.24) is 4.90 Å². The van der Waals surface area contributed by atoms with E-state index in [1.165, 1.54) is 0 Å². The van der Waals surface area contributed by atoms with Gasteiger partial charge in [0.1, 0.15) is 5.92 Å². The number of rotatable bonds is 3. The molecule has 3 unspecified atom stereocenters. The fourth-order valence-electron chi connectivity index (χ4n) is 3.41. The summed E-state index contributed by atoms with van der Waals surface area (Å²) in [5.74, 6) is -0.762. The van der Waals surface area contributed by atoms with E-state index in [0.29, 0.717) is 31.1 Å². The molecule has 2 amide bonds. The molecule has 1 aromatic rings. The predicted molar refractivity (Wildman–Crippen MR) is 88.3 cm³/mol. The van der Waals surface area contributed by atoms with Crippen molar-refractivity contribution in [2.75, 3.05) is 24.5 Å². The molecule has 0 bridgehead atoms. The molecule has 6 heteroatoms. The molecule has 2 fully saturated rings. The largest absolute Gasteiger partial charge is 0.393 e. The van der Waals surface area contributed by atoms with Crippen LogP contribution in [0.15, 0.2) is 24.3 Å². The van der Waals surface area contributed by atoms with Gasteiger partial charge >= 0.3 is 0 Å². The number of hydrogen-bond acceptors (Lipinski definition) is 3. The Kier molecular flexibility index (Phi) is 4.60. The Morgan fingerprint density at radius 1 is 1.35 bits per heavy atom. The highest BCUT2D eigenvalue weighted by molar-refractivity contribution is 6.31. The Balaban J connectivity index is 1.68. The number of carbonyl (C=O) groups is 2. The Bertz CT molecular complexity index is 620. The van der Waals surface area contributed by atoms with E-state index in [2.05, 4.69) is 0 Å². The molecule has 124 valence electrons. The summed E-state index contributed by atoms with van der Waals surface area (Å²) in [5, 5.41) is 10.2. The minimum absolute atomic E-state index is 0.109. The zero-order valence-electron chi connectivity index (χ0n) is 13.1. The number of carbonyl (C=O) groups excluding carboxylic acids is 2. The fourth-order valence-corrected chi connectivity index (χ4v) is 3.60. The molecule has 3 atom stereocenters. The molecule has 2 heterocycles. The van der Waals surface area contributed by atoms with Crippen LogP contribution in [0.1, 0.15) is 19.8 Å². The Morgan fingerprint density at radius 3 is 2.78 bits per heavy atom. The van der Waals surface area contributed by atoms with Crippen LogP contribution < -0.4 is 4.90 Å². The maximum Gasteiger partial charge on any atom is 0.239 e. The van der Waals surface area contributed by atoms with E-state index in [-0.39, 0.29) is 17.7 Å². The van der Waals surface area contributed by atoms with Crippen LogP contribution in [-0.2, 0) is 9.59 Å². The highest BCUT2D eigenvalue weighted by Crippen LogP contribution is 2.30. The monoisotopic (exact) mass is 336 g/mol. The Labute approximate surface area is 140 Å². The number of likely N-dealkylation sites (tertiary alicyclic amines) is 1. The SMILES string of the molecule is CC(O)C1CCN(C(=O)C2CCN(c3cccc(Cl)c3)C2=O)C1. The molecule has 1 aromatic carbocycles. The van der Waals surface area contributed by atoms with Gasteiger partial charge in [-0.05, 0) is 38.0 Å². The lowest BCUT2D eigenvalue weighted by Crippen LogP contribution is -2.39. The van der Waals surface area contributed by atoms with Gasteiger partial charge in [0.25, 0.3) is 0 Å². The second-order valence-corrected chi connectivity index (χ2v) is 6.82. The van der Waals surface area contributed by atoms with Gasteiger partial charge in [-0.1, -0.05) is 17.7 Å². The molecule has 2 saturated heterocycles. The molecule has 0 spiro atoms. The first kappa shape index (κ1) is 16.3. The van der Waals surface area contributed by atoms with Crippen LogP contribution in [0.4, 0.5) is 5.69 Å². The first-order valence-corrected chi connectivity index (χ1v) is 8.39. The van der Waals surface area contributed by atoms with Crippen LogP contribution >= 0.6 is 11.6 Å². The smallest absolute Gasteiger partial charge is 0.239 e. The second-order valence-electron chi connectivity index (χ2n) is 6.38. The zero-order valence-corrected chi connectivity index (χ0v) is 13.9. The lowest BCUT2D eigenvalue weighted by molar-refractivity contribution is -0.139. The van der Waals surface area contributed by atoms with Crippen LogP contribution in [-0.4, -0.2) is 47.6 Å². The van der Waals surface area contributed by atoms with Crippen LogP contribution in [0, 0.1) is 11.8 Å². The molecular formula is C17H21ClN2O3. The van der Waals surface area contributed by atoms with E-state index in [1.807, 2.05) is 6.07 Å². The van der Waals surface area contributed by atoms with E-state index in [4.69, 9.17) is 11.6 Å². The summed E-state index contributed by atoms with van der Waals surface area (Å²) in [6.45, 7) is 3.44. The van der Waals surface area contributed by atoms with Gasteiger partial charge in [0.2, 0.25) is 11.8 Å². The molecule has 2 aliphatic rings. The van der Waals surface area contributed by atoms with Crippen molar-refractivity contribution < 1.29 is 14.7 Å². The minimum atomic E-state index is -0.610. The molecule has 3 rings (SSSR count). The third kappa shape index (κ3) is 3.21. The van der Waals surface area contributed by atoms with Crippen LogP contribution in [0.25, 0.3) is 0 Å². The Hall–Kier alpha value is -1.59. The summed E-state index contributed by atoms with van der Waals surface area (Å²) in [6, 6.07) is 7.13. The predicted octanol–water partition coefficient (Wildman–Crippen LogP) is 1.92. The summed E-state index contributed by atoms with van der Waals surface area (Å²) in [5.41, 5.74) is 0.737. The number of aliphatic hydroxyl groups is 1. The molecule has 0 aliphatic carbocycles. The summed E-state index contributed by atoms with van der Waals surface area (Å²) < 4.78 is 0. The van der Waals surface area contributed by atoms with E-state index in [1.54, 1.807) is 34.9 Å². The number of halogens is 1. The van der Waals surface area contributed by atoms with Gasteiger partial charge in [-0.2, -0.15) is 0 Å². The molecular weight excluding hydrogens is 316 g/mol. The normalized spacial score (nSPS) is 26.0. The van der Waals surface area contributed by atoms with Crippen LogP contribution in [0.3, 0.4) is 0 Å². The lowest BCUT2D eigenvalue weighted by atomic mass is 10.0. The molecule has 0 saturated carbocycles. The topological polar surface area (TPSA) is 60.9 Å². The molecule has 0 aromatic heterocycles. The van der Waals surface area contributed by atoms with Gasteiger partial charge in [-0.25, -0.2) is 0 Å². The van der Waals surface area contributed by atoms with Gasteiger partial charge in [0.15, 0.2) is 0 Å². The van der Waals surface area contributed by atoms with Gasteiger partial charge in [0.05, 0.1) is 6.10 Å². The number of anilines is 1. The van der Waals surface area contributed by atoms with Gasteiger partial charge < -0.3 is 14.9 Å². The third-order valence-electron chi connectivity index (χ3n) is 4.84. The molecule has 1 N–H and O–H groups in total. The number of aliphatic hydroxyl groups excluding tert-OH is 1. The lowest BCUT2D eigenvalue weighted by Gasteiger charge is -2.21. The summed E-state index contributed by atoms with van der Waals surface area (Å²) in [4.78, 5) is 28.6. The first-order valence-electron chi connectivity index (χ1n) is 8.01. The highest BCUT2D eigenvalue weighted by Gasteiger charge is 2.41. The van der Waals surface area contributed by atoms with Gasteiger partial charge in [0, 0.05) is 36.3 Å². The van der Waals surface area contributed by atoms with Crippen molar-refractivity contribution in [3.05, 3.63) is 29.3 Å². The number of benzene rings is 1. The van der Waals surface area contributed by atoms with Crippen molar-refractivity contribution in [3.63, 3.8) is 0 Å². The standard InChI is InChI=1S/C17H21ClN2O3/c1-11(21)12-5-7-19(10-12)16(22)15-6-8-20(17(15)23)14-4-2-3-13(18)9-14/h2-4,9,11-12,15,21H,5-8,10H2,1H3. The van der Waals surface area contributed by atoms with Crippen molar-refractivity contribution in [2.45, 2.75) is 25.9 Å². The maximum absolute atomic E-state index is 12.6. The highest BCUT2D eigenvalue weighted by atomic mass is 35.5. The average molecular weight is 337 g/mol. The zero-order chi connectivity index (χ0) is 16.6. The molecule has 5 nitrogen and oxygen atoms in total. The van der Waals surface area contributed by atoms with E-state index < -0.39 is 12.0 Å². The summed E-state index contributed by atoms with van der Waals surface area (Å²) in [7, 11) is 0. The fraction of sp³-hybridized carbons (Fsp3) is 0.529. The van der Waals surface area contributed by atoms with Crippen molar-refractivity contribution in [1.29, 1.82) is 0 Å². The minimum Gasteiger partial charge on any atom is -0.393 e. The first-order chi connectivity index (χ1) is 11.0. The van der Waals surface area contributed by atoms with Crippen LogP contribution in [0.2, 0.25) is 5.02 Å². The number of amides is 2. The molecule has 2 aliphatic heterocycles. The average Bonchev–Trinajstić information content (AvgIpc) is 3.13. The second kappa shape index (κ2) is 6.49. The van der Waals surface area contributed by atoms with Crippen LogP contribution in [0.5, 0.6) is 0 Å². The van der Waals surface area contributed by atoms with Crippen molar-refractivity contribution in [3.8, 4) is 0 Å². The van der Waals surface area contributed by atoms with E-state index in [0.717, 1.165) is 12.1 Å². The van der Waals surface area contributed by atoms with E-state index >= 15 is 0 Å². The summed E-state index contributed by atoms with van der Waals surface area (Å²) >= 11 is 5.98. The Morgan fingerprint density at radius 2 is 2.13 bits per heavy atom. The summed E-state index contributed by atoms with van der Waals surface area (Å²) in [6.07, 6.45) is 0.901. The molecule has 23 heavy (non-hydrogen) atoms. The maximum atomic E-state index is 12.6. The third-order valence-corrected chi connectivity index (χ3v) is 5.08. The van der Waals surface area contributed by atoms with Gasteiger partial charge in [-0.3, -0.25) is 9.59 Å². The van der Waals surface area contributed by atoms with Gasteiger partial charge in [-0.15, -0.1) is 0 Å². The quantitative estimate of drug-likeness (QED) is 0.858.